The first-order chi connectivity index (χ1) is 17.0. The maximum Gasteiger partial charge on any atom is 0.249 e. The summed E-state index contributed by atoms with van der Waals surface area (Å²) in [7, 11) is 4.64. The molecule has 0 bridgehead atoms. The Kier molecular flexibility index (Phi) is 7.15. The molecular weight excluding hydrogens is 458 g/mol. The molecule has 14 nitrogen and oxygen atoms in total. The number of hydrogen-bond donors (Lipinski definition) is 3. The van der Waals surface area contributed by atoms with Gasteiger partial charge in [0.15, 0.2) is 23.2 Å². The van der Waals surface area contributed by atoms with E-state index in [-0.39, 0.29) is 0 Å². The van der Waals surface area contributed by atoms with Crippen LogP contribution in [0, 0.1) is 0 Å². The van der Waals surface area contributed by atoms with Gasteiger partial charge in [-0.25, -0.2) is 15.0 Å². The quantitative estimate of drug-likeness (QED) is 0.229. The number of benzene rings is 1. The molecule has 2 aromatic heterocycles. The molecule has 184 valence electrons. The minimum Gasteiger partial charge on any atom is -0.497 e. The molecule has 0 unspecified atom stereocenters. The van der Waals surface area contributed by atoms with Crippen LogP contribution in [0.5, 0.6) is 11.5 Å². The third-order valence-electron chi connectivity index (χ3n) is 5.74. The standard InChI is InChI=1S/C21H25N9O5/c1-23-20(32)17-14(28-29-22)16(31)21(35-17)30-10-27-15-18(25-9-26-19(15)30)24-7-6-11-8-12(33-2)4-5-13(11)34-3/h4-5,8-10,14,16-17,21,31H,6-7H2,1-3H3,(H,23,32)(H,24,25,26)/t14-,16+,17-,21+/m0/s1. The molecule has 4 atom stereocenters. The zero-order valence-corrected chi connectivity index (χ0v) is 19.3. The molecule has 35 heavy (non-hydrogen) atoms. The fourth-order valence-electron chi connectivity index (χ4n) is 4.00. The number of imidazole rings is 1. The van der Waals surface area contributed by atoms with E-state index in [1.54, 1.807) is 14.2 Å². The van der Waals surface area contributed by atoms with Crippen LogP contribution in [0.3, 0.4) is 0 Å². The molecule has 3 aromatic rings. The molecule has 0 aliphatic carbocycles. The molecule has 4 rings (SSSR count). The molecule has 0 spiro atoms. The monoisotopic (exact) mass is 483 g/mol. The lowest BCUT2D eigenvalue weighted by atomic mass is 10.1. The lowest BCUT2D eigenvalue weighted by molar-refractivity contribution is -0.134. The van der Waals surface area contributed by atoms with Crippen LogP contribution in [-0.2, 0) is 16.0 Å². The molecule has 1 saturated heterocycles. The number of ether oxygens (including phenoxy) is 3. The number of nitrogens with zero attached hydrogens (tertiary/aromatic N) is 7. The summed E-state index contributed by atoms with van der Waals surface area (Å²) in [5.41, 5.74) is 10.7. The van der Waals surface area contributed by atoms with Crippen LogP contribution in [-0.4, -0.2) is 76.6 Å². The van der Waals surface area contributed by atoms with Crippen LogP contribution in [0.4, 0.5) is 5.82 Å². The van der Waals surface area contributed by atoms with Crippen molar-refractivity contribution in [2.24, 2.45) is 5.11 Å². The number of carbonyl (C=O) groups is 1. The third-order valence-corrected chi connectivity index (χ3v) is 5.74. The van der Waals surface area contributed by atoms with E-state index >= 15 is 0 Å². The van der Waals surface area contributed by atoms with E-state index in [2.05, 4.69) is 35.6 Å². The van der Waals surface area contributed by atoms with Crippen molar-refractivity contribution in [3.05, 3.63) is 46.9 Å². The number of azide groups is 1. The summed E-state index contributed by atoms with van der Waals surface area (Å²) in [6, 6.07) is 4.48. The van der Waals surface area contributed by atoms with E-state index in [9.17, 15) is 9.90 Å². The second kappa shape index (κ2) is 10.4. The average Bonchev–Trinajstić information content (AvgIpc) is 3.45. The van der Waals surface area contributed by atoms with Gasteiger partial charge in [-0.3, -0.25) is 9.36 Å². The lowest BCUT2D eigenvalue weighted by Gasteiger charge is -2.16. The molecule has 1 amide bonds. The highest BCUT2D eigenvalue weighted by atomic mass is 16.5. The summed E-state index contributed by atoms with van der Waals surface area (Å²) in [4.78, 5) is 27.9. The second-order valence-corrected chi connectivity index (χ2v) is 7.65. The number of rotatable bonds is 9. The Morgan fingerprint density at radius 1 is 1.31 bits per heavy atom. The van der Waals surface area contributed by atoms with Crippen molar-refractivity contribution >= 4 is 22.9 Å². The van der Waals surface area contributed by atoms with E-state index in [4.69, 9.17) is 19.7 Å². The van der Waals surface area contributed by atoms with Gasteiger partial charge in [0, 0.05) is 18.5 Å². The Labute approximate surface area is 199 Å². The maximum atomic E-state index is 12.2. The van der Waals surface area contributed by atoms with Crippen molar-refractivity contribution in [1.82, 2.24) is 24.8 Å². The minimum atomic E-state index is -1.29. The molecular formula is C21H25N9O5. The highest BCUT2D eigenvalue weighted by Gasteiger charge is 2.48. The lowest BCUT2D eigenvalue weighted by Crippen LogP contribution is -2.40. The number of aliphatic hydroxyl groups is 1. The van der Waals surface area contributed by atoms with E-state index in [1.165, 1.54) is 24.3 Å². The van der Waals surface area contributed by atoms with Crippen LogP contribution < -0.4 is 20.1 Å². The predicted octanol–water partition coefficient (Wildman–Crippen LogP) is 1.18. The van der Waals surface area contributed by atoms with Gasteiger partial charge in [0.1, 0.15) is 36.1 Å². The first kappa shape index (κ1) is 24.0. The van der Waals surface area contributed by atoms with Crippen molar-refractivity contribution in [2.75, 3.05) is 33.1 Å². The maximum absolute atomic E-state index is 12.2. The summed E-state index contributed by atoms with van der Waals surface area (Å²) in [6.07, 6.45) is -0.0799. The third kappa shape index (κ3) is 4.62. The number of carbonyl (C=O) groups excluding carboxylic acids is 1. The molecule has 1 aromatic carbocycles. The van der Waals surface area contributed by atoms with Gasteiger partial charge in [-0.2, -0.15) is 0 Å². The highest BCUT2D eigenvalue weighted by Crippen LogP contribution is 2.34. The van der Waals surface area contributed by atoms with Crippen molar-refractivity contribution < 1.29 is 24.1 Å². The largest absolute Gasteiger partial charge is 0.497 e. The molecule has 1 aliphatic heterocycles. The van der Waals surface area contributed by atoms with E-state index in [0.29, 0.717) is 29.9 Å². The smallest absolute Gasteiger partial charge is 0.249 e. The number of aliphatic hydroxyl groups excluding tert-OH is 1. The van der Waals surface area contributed by atoms with Gasteiger partial charge in [-0.15, -0.1) is 0 Å². The van der Waals surface area contributed by atoms with Gasteiger partial charge in [0.25, 0.3) is 0 Å². The van der Waals surface area contributed by atoms with E-state index in [0.717, 1.165) is 17.1 Å². The van der Waals surface area contributed by atoms with Crippen LogP contribution in [0.15, 0.2) is 36.0 Å². The molecule has 1 aliphatic rings. The van der Waals surface area contributed by atoms with Crippen molar-refractivity contribution in [3.63, 3.8) is 0 Å². The summed E-state index contributed by atoms with van der Waals surface area (Å²) < 4.78 is 18.0. The molecule has 1 fully saturated rings. The highest BCUT2D eigenvalue weighted by molar-refractivity contribution is 5.83. The van der Waals surface area contributed by atoms with Gasteiger partial charge in [-0.05, 0) is 35.7 Å². The number of methoxy groups -OCH3 is 2. The first-order valence-electron chi connectivity index (χ1n) is 10.7. The molecule has 14 heteroatoms. The first-order valence-corrected chi connectivity index (χ1v) is 10.7. The van der Waals surface area contributed by atoms with Gasteiger partial charge in [-0.1, -0.05) is 5.11 Å². The summed E-state index contributed by atoms with van der Waals surface area (Å²) >= 11 is 0. The second-order valence-electron chi connectivity index (χ2n) is 7.65. The van der Waals surface area contributed by atoms with Gasteiger partial charge in [0.2, 0.25) is 5.91 Å². The number of likely N-dealkylation sites (N-methyl/N-ethyl adjacent to an activating group) is 1. The normalized spacial score (nSPS) is 21.4. The molecule has 3 N–H and O–H groups in total. The average molecular weight is 483 g/mol. The Hall–Kier alpha value is -4.13. The Morgan fingerprint density at radius 2 is 2.14 bits per heavy atom. The van der Waals surface area contributed by atoms with Crippen LogP contribution >= 0.6 is 0 Å². The minimum absolute atomic E-state index is 0.378. The van der Waals surface area contributed by atoms with Crippen molar-refractivity contribution in [1.29, 1.82) is 0 Å². The van der Waals surface area contributed by atoms with Gasteiger partial charge >= 0.3 is 0 Å². The van der Waals surface area contributed by atoms with Gasteiger partial charge < -0.3 is 30.0 Å². The summed E-state index contributed by atoms with van der Waals surface area (Å²) in [6.45, 7) is 0.517. The Balaban J connectivity index is 1.55. The summed E-state index contributed by atoms with van der Waals surface area (Å²) in [5.74, 6) is 1.45. The Bertz CT molecular complexity index is 1260. The number of nitrogens with one attached hydrogen (secondary N) is 2. The number of aromatic nitrogens is 4. The van der Waals surface area contributed by atoms with Crippen molar-refractivity contribution in [3.8, 4) is 11.5 Å². The topological polar surface area (TPSA) is 181 Å². The number of fused-ring (bicyclic) bond motifs is 1. The van der Waals surface area contributed by atoms with Crippen LogP contribution in [0.1, 0.15) is 11.8 Å². The van der Waals surface area contributed by atoms with Crippen LogP contribution in [0.25, 0.3) is 21.6 Å². The number of anilines is 1. The zero-order valence-electron chi connectivity index (χ0n) is 19.3. The summed E-state index contributed by atoms with van der Waals surface area (Å²) in [5, 5.41) is 20.0. The Morgan fingerprint density at radius 3 is 2.86 bits per heavy atom. The molecule has 0 saturated carbocycles. The van der Waals surface area contributed by atoms with E-state index < -0.39 is 30.4 Å². The fourth-order valence-corrected chi connectivity index (χ4v) is 4.00. The SMILES string of the molecule is CNC(=O)[C@H]1O[C@@H](n2cnc3c(NCCc4cc(OC)ccc4OC)ncnc32)[C@H](O)[C@@H]1N=[N+]=[N-]. The number of amides is 1. The predicted molar refractivity (Wildman–Crippen MR) is 124 cm³/mol. The molecule has 3 heterocycles. The fraction of sp³-hybridized carbons (Fsp3) is 0.429. The van der Waals surface area contributed by atoms with Gasteiger partial charge in [0.05, 0.1) is 20.5 Å². The van der Waals surface area contributed by atoms with E-state index in [1.807, 2.05) is 18.2 Å². The zero-order chi connectivity index (χ0) is 24.9. The molecule has 0 radical (unpaired) electrons. The van der Waals surface area contributed by atoms with Crippen LogP contribution in [0.2, 0.25) is 0 Å². The van der Waals surface area contributed by atoms with Crippen molar-refractivity contribution in [2.45, 2.75) is 30.9 Å². The number of hydrogen-bond acceptors (Lipinski definition) is 10.